The average Bonchev–Trinajstić information content (AvgIpc) is 2.74. The van der Waals surface area contributed by atoms with Gasteiger partial charge in [0.1, 0.15) is 0 Å². The van der Waals surface area contributed by atoms with Crippen LogP contribution in [0.15, 0.2) is 24.3 Å². The van der Waals surface area contributed by atoms with Crippen molar-refractivity contribution in [1.82, 2.24) is 4.90 Å². The Labute approximate surface area is 123 Å². The van der Waals surface area contributed by atoms with Gasteiger partial charge >= 0.3 is 0 Å². The summed E-state index contributed by atoms with van der Waals surface area (Å²) < 4.78 is 0. The number of rotatable bonds is 4. The number of anilines is 1. The first kappa shape index (κ1) is 13.9. The van der Waals surface area contributed by atoms with Crippen molar-refractivity contribution in [2.24, 2.45) is 5.92 Å². The molecule has 0 saturated carbocycles. The summed E-state index contributed by atoms with van der Waals surface area (Å²) in [6.07, 6.45) is 7.04. The van der Waals surface area contributed by atoms with Crippen LogP contribution in [0.3, 0.4) is 0 Å². The third kappa shape index (κ3) is 3.17. The fourth-order valence-corrected chi connectivity index (χ4v) is 3.94. The number of nitrogens with one attached hydrogen (secondary N) is 1. The van der Waals surface area contributed by atoms with Crippen LogP contribution in [0.25, 0.3) is 0 Å². The summed E-state index contributed by atoms with van der Waals surface area (Å²) in [6, 6.07) is 8.83. The lowest BCUT2D eigenvalue weighted by molar-refractivity contribution is 0.266. The lowest BCUT2D eigenvalue weighted by Crippen LogP contribution is -2.30. The van der Waals surface area contributed by atoms with E-state index in [0.29, 0.717) is 5.92 Å². The summed E-state index contributed by atoms with van der Waals surface area (Å²) in [4.78, 5) is 2.71. The number of likely N-dealkylation sites (tertiary alicyclic amines) is 1. The van der Waals surface area contributed by atoms with Gasteiger partial charge in [-0.1, -0.05) is 38.0 Å². The van der Waals surface area contributed by atoms with Crippen molar-refractivity contribution in [2.45, 2.75) is 44.9 Å². The highest BCUT2D eigenvalue weighted by molar-refractivity contribution is 5.57. The highest BCUT2D eigenvalue weighted by Crippen LogP contribution is 2.32. The molecule has 2 heterocycles. The van der Waals surface area contributed by atoms with Crippen LogP contribution in [-0.2, 0) is 0 Å². The molecule has 1 aromatic rings. The Balaban J connectivity index is 1.56. The number of fused-ring (bicyclic) bond motifs is 1. The molecule has 1 N–H and O–H groups in total. The second-order valence-electron chi connectivity index (χ2n) is 6.55. The van der Waals surface area contributed by atoms with E-state index in [1.807, 2.05) is 0 Å². The first-order valence-electron chi connectivity index (χ1n) is 8.42. The largest absolute Gasteiger partial charge is 0.384 e. The molecule has 0 spiro atoms. The van der Waals surface area contributed by atoms with E-state index in [9.17, 15) is 0 Å². The maximum atomic E-state index is 3.56. The number of benzene rings is 1. The van der Waals surface area contributed by atoms with Crippen LogP contribution >= 0.6 is 0 Å². The van der Waals surface area contributed by atoms with Gasteiger partial charge in [-0.2, -0.15) is 0 Å². The zero-order valence-corrected chi connectivity index (χ0v) is 12.8. The lowest BCUT2D eigenvalue weighted by Gasteiger charge is -2.24. The second-order valence-corrected chi connectivity index (χ2v) is 6.55. The molecule has 0 aromatic heterocycles. The number of hydrogen-bond donors (Lipinski definition) is 1. The minimum Gasteiger partial charge on any atom is -0.384 e. The highest BCUT2D eigenvalue weighted by Gasteiger charge is 2.25. The fourth-order valence-electron chi connectivity index (χ4n) is 3.94. The normalized spacial score (nSPS) is 26.9. The molecule has 0 bridgehead atoms. The zero-order valence-electron chi connectivity index (χ0n) is 12.8. The number of nitrogens with zero attached hydrogens (tertiary/aromatic N) is 1. The van der Waals surface area contributed by atoms with E-state index < -0.39 is 0 Å². The molecular formula is C18H28N2. The molecule has 1 aromatic carbocycles. The van der Waals surface area contributed by atoms with Crippen LogP contribution in [0.1, 0.15) is 50.5 Å². The summed E-state index contributed by atoms with van der Waals surface area (Å²) in [5.41, 5.74) is 2.89. The van der Waals surface area contributed by atoms with Crippen molar-refractivity contribution >= 4 is 5.69 Å². The van der Waals surface area contributed by atoms with Gasteiger partial charge in [0, 0.05) is 24.7 Å². The van der Waals surface area contributed by atoms with Gasteiger partial charge in [0.2, 0.25) is 0 Å². The standard InChI is InChI=1S/C18H28N2/c1-2-6-15-7-5-11-20(12-10-15)14-16-13-19-18-9-4-3-8-17(16)18/h3-4,8-9,15-16,19H,2,5-7,10-14H2,1H3. The summed E-state index contributed by atoms with van der Waals surface area (Å²) >= 11 is 0. The van der Waals surface area contributed by atoms with Crippen LogP contribution in [0.5, 0.6) is 0 Å². The third-order valence-electron chi connectivity index (χ3n) is 5.06. The van der Waals surface area contributed by atoms with Crippen LogP contribution in [-0.4, -0.2) is 31.1 Å². The van der Waals surface area contributed by atoms with E-state index >= 15 is 0 Å². The molecule has 0 radical (unpaired) electrons. The van der Waals surface area contributed by atoms with E-state index in [1.165, 1.54) is 63.0 Å². The number of para-hydroxylation sites is 1. The van der Waals surface area contributed by atoms with Crippen molar-refractivity contribution in [3.63, 3.8) is 0 Å². The monoisotopic (exact) mass is 272 g/mol. The zero-order chi connectivity index (χ0) is 13.8. The molecule has 1 fully saturated rings. The van der Waals surface area contributed by atoms with Gasteiger partial charge in [-0.15, -0.1) is 0 Å². The third-order valence-corrected chi connectivity index (χ3v) is 5.06. The summed E-state index contributed by atoms with van der Waals surface area (Å²) in [7, 11) is 0. The Morgan fingerprint density at radius 1 is 1.20 bits per heavy atom. The molecule has 2 nitrogen and oxygen atoms in total. The van der Waals surface area contributed by atoms with Gasteiger partial charge in [-0.3, -0.25) is 0 Å². The molecule has 0 amide bonds. The predicted octanol–water partition coefficient (Wildman–Crippen LogP) is 4.10. The molecule has 110 valence electrons. The first-order valence-corrected chi connectivity index (χ1v) is 8.42. The first-order chi connectivity index (χ1) is 9.86. The number of hydrogen-bond acceptors (Lipinski definition) is 2. The maximum Gasteiger partial charge on any atom is 0.0376 e. The van der Waals surface area contributed by atoms with Crippen molar-refractivity contribution in [2.75, 3.05) is 31.5 Å². The van der Waals surface area contributed by atoms with E-state index in [0.717, 1.165) is 12.5 Å². The summed E-state index contributed by atoms with van der Waals surface area (Å²) in [5, 5.41) is 3.56. The van der Waals surface area contributed by atoms with Crippen molar-refractivity contribution in [3.8, 4) is 0 Å². The van der Waals surface area contributed by atoms with Gasteiger partial charge in [-0.05, 0) is 49.9 Å². The molecular weight excluding hydrogens is 244 g/mol. The molecule has 0 aliphatic carbocycles. The van der Waals surface area contributed by atoms with Crippen molar-refractivity contribution in [1.29, 1.82) is 0 Å². The molecule has 3 rings (SSSR count). The Morgan fingerprint density at radius 2 is 2.10 bits per heavy atom. The predicted molar refractivity (Wildman–Crippen MR) is 86.4 cm³/mol. The van der Waals surface area contributed by atoms with Crippen LogP contribution in [0, 0.1) is 5.92 Å². The highest BCUT2D eigenvalue weighted by atomic mass is 15.1. The Kier molecular flexibility index (Phi) is 4.62. The maximum absolute atomic E-state index is 3.56. The molecule has 2 unspecified atom stereocenters. The summed E-state index contributed by atoms with van der Waals surface area (Å²) in [6.45, 7) is 7.29. The molecule has 2 aliphatic rings. The van der Waals surface area contributed by atoms with Gasteiger partial charge in [0.25, 0.3) is 0 Å². The van der Waals surface area contributed by atoms with Crippen LogP contribution in [0.2, 0.25) is 0 Å². The Morgan fingerprint density at radius 3 is 3.00 bits per heavy atom. The SMILES string of the molecule is CCCC1CCCN(CC2CNc3ccccc32)CC1. The molecule has 1 saturated heterocycles. The van der Waals surface area contributed by atoms with E-state index in [1.54, 1.807) is 0 Å². The summed E-state index contributed by atoms with van der Waals surface area (Å²) in [5.74, 6) is 1.67. The van der Waals surface area contributed by atoms with E-state index in [4.69, 9.17) is 0 Å². The molecule has 2 aliphatic heterocycles. The van der Waals surface area contributed by atoms with Gasteiger partial charge in [0.05, 0.1) is 0 Å². The lowest BCUT2D eigenvalue weighted by atomic mass is 9.96. The van der Waals surface area contributed by atoms with Gasteiger partial charge in [0.15, 0.2) is 0 Å². The van der Waals surface area contributed by atoms with E-state index in [-0.39, 0.29) is 0 Å². The van der Waals surface area contributed by atoms with Gasteiger partial charge < -0.3 is 10.2 Å². The smallest absolute Gasteiger partial charge is 0.0376 e. The molecule has 2 atom stereocenters. The molecule has 20 heavy (non-hydrogen) atoms. The Hall–Kier alpha value is -1.02. The average molecular weight is 272 g/mol. The minimum atomic E-state index is 0.689. The fraction of sp³-hybridized carbons (Fsp3) is 0.667. The quantitative estimate of drug-likeness (QED) is 0.888. The molecule has 2 heteroatoms. The topological polar surface area (TPSA) is 15.3 Å². The van der Waals surface area contributed by atoms with Crippen molar-refractivity contribution in [3.05, 3.63) is 29.8 Å². The van der Waals surface area contributed by atoms with Gasteiger partial charge in [-0.25, -0.2) is 0 Å². The Bertz CT molecular complexity index is 429. The second kappa shape index (κ2) is 6.62. The van der Waals surface area contributed by atoms with Crippen LogP contribution in [0.4, 0.5) is 5.69 Å². The van der Waals surface area contributed by atoms with Crippen LogP contribution < -0.4 is 5.32 Å². The van der Waals surface area contributed by atoms with E-state index in [2.05, 4.69) is 41.4 Å². The minimum absolute atomic E-state index is 0.689. The van der Waals surface area contributed by atoms with Crippen molar-refractivity contribution < 1.29 is 0 Å².